The number of rotatable bonds is 2. The number of ether oxygens (including phenoxy) is 1. The summed E-state index contributed by atoms with van der Waals surface area (Å²) in [5.41, 5.74) is -0.657. The highest BCUT2D eigenvalue weighted by Gasteiger charge is 2.49. The lowest BCUT2D eigenvalue weighted by atomic mass is 9.78. The molecule has 8 heteroatoms. The van der Waals surface area contributed by atoms with E-state index in [1.54, 1.807) is 25.7 Å². The monoisotopic (exact) mass is 378 g/mol. The van der Waals surface area contributed by atoms with Crippen molar-refractivity contribution in [2.75, 3.05) is 6.54 Å². The number of fused-ring (bicyclic) bond motifs is 2. The van der Waals surface area contributed by atoms with Gasteiger partial charge in [-0.15, -0.1) is 0 Å². The first-order valence-corrected chi connectivity index (χ1v) is 9.20. The minimum absolute atomic E-state index is 0.0671. The Morgan fingerprint density at radius 1 is 1.15 bits per heavy atom. The number of halogens is 3. The van der Waals surface area contributed by atoms with Crippen LogP contribution in [0.25, 0.3) is 0 Å². The van der Waals surface area contributed by atoms with E-state index in [-0.39, 0.29) is 18.0 Å². The summed E-state index contributed by atoms with van der Waals surface area (Å²) in [4.78, 5) is 28.0. The predicted octanol–water partition coefficient (Wildman–Crippen LogP) is 3.96. The minimum Gasteiger partial charge on any atom is -0.444 e. The number of alkyl halides is 3. The SMILES string of the molecule is CCC1[C@H]2CC(C[C@@H](C)N2C(=O)OC(C)(C)C)CN1C(=O)CC(F)(F)F. The van der Waals surface area contributed by atoms with Crippen molar-refractivity contribution in [3.05, 3.63) is 0 Å². The van der Waals surface area contributed by atoms with Gasteiger partial charge in [0.05, 0.1) is 12.1 Å². The zero-order chi connectivity index (χ0) is 19.9. The van der Waals surface area contributed by atoms with Crippen molar-refractivity contribution in [3.8, 4) is 0 Å². The topological polar surface area (TPSA) is 49.9 Å². The molecule has 4 atom stereocenters. The quantitative estimate of drug-likeness (QED) is 0.731. The van der Waals surface area contributed by atoms with Crippen LogP contribution in [0.4, 0.5) is 18.0 Å². The van der Waals surface area contributed by atoms with Crippen LogP contribution in [0.5, 0.6) is 0 Å². The molecule has 2 fully saturated rings. The maximum atomic E-state index is 12.7. The van der Waals surface area contributed by atoms with Crippen LogP contribution in [0.3, 0.4) is 0 Å². The Kier molecular flexibility index (Phi) is 5.83. The molecule has 0 radical (unpaired) electrons. The zero-order valence-corrected chi connectivity index (χ0v) is 16.1. The molecule has 26 heavy (non-hydrogen) atoms. The molecule has 0 N–H and O–H groups in total. The highest BCUT2D eigenvalue weighted by atomic mass is 19.4. The van der Waals surface area contributed by atoms with Crippen molar-refractivity contribution < 1.29 is 27.5 Å². The Hall–Kier alpha value is -1.47. The molecular formula is C18H29F3N2O3. The van der Waals surface area contributed by atoms with Gasteiger partial charge in [0.25, 0.3) is 0 Å². The molecule has 2 aliphatic rings. The molecule has 0 aliphatic carbocycles. The number of likely N-dealkylation sites (tertiary alicyclic amines) is 2. The molecule has 2 heterocycles. The summed E-state index contributed by atoms with van der Waals surface area (Å²) in [6.07, 6.45) is -4.60. The normalized spacial score (nSPS) is 29.5. The van der Waals surface area contributed by atoms with Crippen LogP contribution in [0.15, 0.2) is 0 Å². The van der Waals surface area contributed by atoms with E-state index in [0.29, 0.717) is 25.8 Å². The van der Waals surface area contributed by atoms with Gasteiger partial charge in [-0.2, -0.15) is 13.2 Å². The molecule has 2 aliphatic heterocycles. The third-order valence-corrected chi connectivity index (χ3v) is 5.08. The Morgan fingerprint density at radius 2 is 1.77 bits per heavy atom. The molecule has 150 valence electrons. The number of hydrogen-bond donors (Lipinski definition) is 0. The van der Waals surface area contributed by atoms with Gasteiger partial charge >= 0.3 is 12.3 Å². The van der Waals surface area contributed by atoms with E-state index in [9.17, 15) is 22.8 Å². The molecule has 2 saturated heterocycles. The highest BCUT2D eigenvalue weighted by molar-refractivity contribution is 5.78. The van der Waals surface area contributed by atoms with E-state index in [4.69, 9.17) is 4.74 Å². The Morgan fingerprint density at radius 3 is 2.27 bits per heavy atom. The van der Waals surface area contributed by atoms with E-state index in [1.807, 2.05) is 13.8 Å². The standard InChI is InChI=1S/C18H29F3N2O3/c1-6-13-14-8-12(10-22(13)15(24)9-18(19,20)21)7-11(2)23(14)16(25)26-17(3,4)5/h11-14H,6-10H2,1-5H3/t11-,12?,13?,14-/m1/s1. The number of hydrogen-bond acceptors (Lipinski definition) is 3. The number of piperidine rings is 2. The number of carbonyl (C=O) groups excluding carboxylic acids is 2. The van der Waals surface area contributed by atoms with E-state index in [2.05, 4.69) is 0 Å². The largest absolute Gasteiger partial charge is 0.444 e. The first-order valence-electron chi connectivity index (χ1n) is 9.20. The summed E-state index contributed by atoms with van der Waals surface area (Å²) >= 11 is 0. The molecule has 2 bridgehead atoms. The molecule has 0 spiro atoms. The average molecular weight is 378 g/mol. The Bertz CT molecular complexity index is 545. The van der Waals surface area contributed by atoms with Crippen LogP contribution < -0.4 is 0 Å². The molecule has 5 nitrogen and oxygen atoms in total. The lowest BCUT2D eigenvalue weighted by Gasteiger charge is -2.54. The summed E-state index contributed by atoms with van der Waals surface area (Å²) in [5.74, 6) is -0.800. The Balaban J connectivity index is 2.25. The summed E-state index contributed by atoms with van der Waals surface area (Å²) in [6, 6.07) is -0.798. The van der Waals surface area contributed by atoms with Crippen LogP contribution in [-0.2, 0) is 9.53 Å². The van der Waals surface area contributed by atoms with Gasteiger partial charge in [-0.25, -0.2) is 4.79 Å². The summed E-state index contributed by atoms with van der Waals surface area (Å²) < 4.78 is 43.6. The number of nitrogens with zero attached hydrogens (tertiary/aromatic N) is 2. The summed E-state index contributed by atoms with van der Waals surface area (Å²) in [7, 11) is 0. The molecule has 0 saturated carbocycles. The lowest BCUT2D eigenvalue weighted by Crippen LogP contribution is -2.66. The second-order valence-electron chi connectivity index (χ2n) is 8.46. The summed E-state index contributed by atoms with van der Waals surface area (Å²) in [5, 5.41) is 0. The van der Waals surface area contributed by atoms with E-state index in [1.165, 1.54) is 4.90 Å². The maximum Gasteiger partial charge on any atom is 0.410 e. The highest BCUT2D eigenvalue weighted by Crippen LogP contribution is 2.39. The van der Waals surface area contributed by atoms with Gasteiger partial charge in [0.1, 0.15) is 12.0 Å². The van der Waals surface area contributed by atoms with E-state index in [0.717, 1.165) is 0 Å². The van der Waals surface area contributed by atoms with Crippen LogP contribution >= 0.6 is 0 Å². The molecule has 2 rings (SSSR count). The molecule has 0 aromatic heterocycles. The fourth-order valence-corrected chi connectivity index (χ4v) is 4.27. The van der Waals surface area contributed by atoms with Crippen molar-refractivity contribution in [3.63, 3.8) is 0 Å². The van der Waals surface area contributed by atoms with E-state index < -0.39 is 36.2 Å². The molecule has 2 unspecified atom stereocenters. The van der Waals surface area contributed by atoms with Gasteiger partial charge in [0, 0.05) is 12.6 Å². The molecule has 0 aromatic rings. The average Bonchev–Trinajstić information content (AvgIpc) is 2.42. The second kappa shape index (κ2) is 7.27. The van der Waals surface area contributed by atoms with Crippen LogP contribution in [-0.4, -0.2) is 58.2 Å². The van der Waals surface area contributed by atoms with Gasteiger partial charge in [-0.1, -0.05) is 6.92 Å². The number of amides is 2. The van der Waals surface area contributed by atoms with Crippen molar-refractivity contribution >= 4 is 12.0 Å². The third-order valence-electron chi connectivity index (χ3n) is 5.08. The van der Waals surface area contributed by atoms with Crippen LogP contribution in [0.1, 0.15) is 60.3 Å². The minimum atomic E-state index is -4.53. The molecular weight excluding hydrogens is 349 g/mol. The van der Waals surface area contributed by atoms with Gasteiger partial charge in [-0.05, 0) is 52.9 Å². The second-order valence-corrected chi connectivity index (χ2v) is 8.46. The first kappa shape index (κ1) is 20.8. The fourth-order valence-electron chi connectivity index (χ4n) is 4.27. The van der Waals surface area contributed by atoms with Crippen LogP contribution in [0.2, 0.25) is 0 Å². The fraction of sp³-hybridized carbons (Fsp3) is 0.889. The van der Waals surface area contributed by atoms with E-state index >= 15 is 0 Å². The van der Waals surface area contributed by atoms with Gasteiger partial charge in [0.15, 0.2) is 0 Å². The number of carbonyl (C=O) groups is 2. The zero-order valence-electron chi connectivity index (χ0n) is 16.1. The van der Waals surface area contributed by atoms with Crippen molar-refractivity contribution in [2.45, 2.75) is 90.2 Å². The lowest BCUT2D eigenvalue weighted by molar-refractivity contribution is -0.169. The smallest absolute Gasteiger partial charge is 0.410 e. The molecule has 2 amide bonds. The maximum absolute atomic E-state index is 12.7. The van der Waals surface area contributed by atoms with Gasteiger partial charge < -0.3 is 14.5 Å². The van der Waals surface area contributed by atoms with Crippen LogP contribution in [0, 0.1) is 5.92 Å². The predicted molar refractivity (Wildman–Crippen MR) is 90.5 cm³/mol. The van der Waals surface area contributed by atoms with Crippen molar-refractivity contribution in [1.29, 1.82) is 0 Å². The third kappa shape index (κ3) is 4.82. The molecule has 0 aromatic carbocycles. The van der Waals surface area contributed by atoms with Gasteiger partial charge in [0.2, 0.25) is 5.91 Å². The first-order chi connectivity index (χ1) is 11.8. The van der Waals surface area contributed by atoms with Crippen molar-refractivity contribution in [1.82, 2.24) is 9.80 Å². The van der Waals surface area contributed by atoms with Crippen molar-refractivity contribution in [2.24, 2.45) is 5.92 Å². The summed E-state index contributed by atoms with van der Waals surface area (Å²) in [6.45, 7) is 9.43. The van der Waals surface area contributed by atoms with Gasteiger partial charge in [-0.3, -0.25) is 4.79 Å². The Labute approximate surface area is 152 Å².